The van der Waals surface area contributed by atoms with Gasteiger partial charge in [0.25, 0.3) is 0 Å². The van der Waals surface area contributed by atoms with Gasteiger partial charge in [-0.2, -0.15) is 15.0 Å². The van der Waals surface area contributed by atoms with Crippen molar-refractivity contribution in [1.82, 2.24) is 15.0 Å². The number of nitrogens with zero attached hydrogens (tertiary/aromatic N) is 3. The molecule has 0 saturated heterocycles. The molecule has 160 valence electrons. The lowest BCUT2D eigenvalue weighted by Crippen LogP contribution is -2.16. The van der Waals surface area contributed by atoms with Crippen LogP contribution in [0.5, 0.6) is 11.5 Å². The van der Waals surface area contributed by atoms with Gasteiger partial charge in [0.15, 0.2) is 30.5 Å². The molecule has 3 rings (SSSR count). The molecule has 9 heteroatoms. The van der Waals surface area contributed by atoms with Crippen molar-refractivity contribution < 1.29 is 19.0 Å². The Morgan fingerprint density at radius 3 is 2.65 bits per heavy atom. The predicted molar refractivity (Wildman–Crippen MR) is 117 cm³/mol. The molecule has 0 radical (unpaired) electrons. The van der Waals surface area contributed by atoms with E-state index in [4.69, 9.17) is 19.9 Å². The summed E-state index contributed by atoms with van der Waals surface area (Å²) in [5.74, 6) is 0.856. The molecule has 9 nitrogen and oxygen atoms in total. The van der Waals surface area contributed by atoms with Crippen LogP contribution in [0.4, 0.5) is 17.6 Å². The minimum Gasteiger partial charge on any atom is -0.493 e. The van der Waals surface area contributed by atoms with Crippen molar-refractivity contribution in [2.75, 3.05) is 24.8 Å². The molecule has 0 atom stereocenters. The molecule has 0 bridgehead atoms. The number of nitrogens with one attached hydrogen (secondary N) is 1. The van der Waals surface area contributed by atoms with E-state index in [1.165, 1.54) is 7.11 Å². The number of nitrogen functional groups attached to an aromatic ring is 1. The SMILES string of the molecule is C/C=C/c1ccc(OCC(=O)OCc2nc(N)nc(Nc3ccccc3)n2)c(OC)c1. The van der Waals surface area contributed by atoms with Crippen LogP contribution < -0.4 is 20.5 Å². The fourth-order valence-electron chi connectivity index (χ4n) is 2.63. The number of carbonyl (C=O) groups excluding carboxylic acids is 1. The molecule has 31 heavy (non-hydrogen) atoms. The minimum absolute atomic E-state index is 0.0154. The number of allylic oxidation sites excluding steroid dienone is 1. The lowest BCUT2D eigenvalue weighted by molar-refractivity contribution is -0.147. The van der Waals surface area contributed by atoms with Crippen molar-refractivity contribution in [3.8, 4) is 11.5 Å². The molecule has 0 aliphatic heterocycles. The Kier molecular flexibility index (Phi) is 7.36. The second-order valence-electron chi connectivity index (χ2n) is 6.28. The Balaban J connectivity index is 1.56. The zero-order chi connectivity index (χ0) is 22.1. The summed E-state index contributed by atoms with van der Waals surface area (Å²) in [5, 5.41) is 3.02. The van der Waals surface area contributed by atoms with Crippen LogP contribution in [0.1, 0.15) is 18.3 Å². The van der Waals surface area contributed by atoms with Crippen LogP contribution in [-0.4, -0.2) is 34.6 Å². The quantitative estimate of drug-likeness (QED) is 0.501. The van der Waals surface area contributed by atoms with Crippen LogP contribution in [-0.2, 0) is 16.1 Å². The summed E-state index contributed by atoms with van der Waals surface area (Å²) in [7, 11) is 1.53. The maximum absolute atomic E-state index is 12.1. The van der Waals surface area contributed by atoms with E-state index in [2.05, 4.69) is 20.3 Å². The van der Waals surface area contributed by atoms with E-state index in [0.717, 1.165) is 11.3 Å². The highest BCUT2D eigenvalue weighted by Gasteiger charge is 2.11. The number of hydrogen-bond donors (Lipinski definition) is 2. The Morgan fingerprint density at radius 2 is 1.90 bits per heavy atom. The van der Waals surface area contributed by atoms with Crippen LogP contribution in [0.15, 0.2) is 54.6 Å². The van der Waals surface area contributed by atoms with Gasteiger partial charge < -0.3 is 25.3 Å². The molecule has 1 aromatic heterocycles. The van der Waals surface area contributed by atoms with E-state index in [0.29, 0.717) is 11.5 Å². The molecule has 0 unspecified atom stereocenters. The van der Waals surface area contributed by atoms with E-state index >= 15 is 0 Å². The first-order valence-electron chi connectivity index (χ1n) is 9.49. The molecule has 0 fully saturated rings. The average Bonchev–Trinajstić information content (AvgIpc) is 2.77. The lowest BCUT2D eigenvalue weighted by Gasteiger charge is -2.11. The van der Waals surface area contributed by atoms with Crippen LogP contribution in [0, 0.1) is 0 Å². The molecule has 2 aromatic carbocycles. The normalized spacial score (nSPS) is 10.6. The number of ether oxygens (including phenoxy) is 3. The molecule has 0 saturated carbocycles. The van der Waals surface area contributed by atoms with Crippen LogP contribution in [0.25, 0.3) is 6.08 Å². The minimum atomic E-state index is -0.587. The Labute approximate surface area is 179 Å². The molecule has 0 amide bonds. The van der Waals surface area contributed by atoms with Gasteiger partial charge in [0.1, 0.15) is 0 Å². The topological polar surface area (TPSA) is 121 Å². The second kappa shape index (κ2) is 10.6. The summed E-state index contributed by atoms with van der Waals surface area (Å²) >= 11 is 0. The standard InChI is InChI=1S/C22H23N5O4/c1-3-7-15-10-11-17(18(12-15)29-2)30-14-20(28)31-13-19-25-21(23)27-22(26-19)24-16-8-5-4-6-9-16/h3-12H,13-14H2,1-2H3,(H3,23,24,25,26,27)/b7-3+. The number of esters is 1. The average molecular weight is 421 g/mol. The zero-order valence-corrected chi connectivity index (χ0v) is 17.2. The molecule has 0 spiro atoms. The van der Waals surface area contributed by atoms with E-state index in [1.54, 1.807) is 6.07 Å². The third kappa shape index (κ3) is 6.43. The van der Waals surface area contributed by atoms with E-state index in [9.17, 15) is 4.79 Å². The summed E-state index contributed by atoms with van der Waals surface area (Å²) in [6, 6.07) is 14.8. The van der Waals surface area contributed by atoms with Gasteiger partial charge in [0.05, 0.1) is 7.11 Å². The molecule has 0 aliphatic rings. The summed E-state index contributed by atoms with van der Waals surface area (Å²) in [6.07, 6.45) is 3.85. The number of aromatic nitrogens is 3. The maximum atomic E-state index is 12.1. The number of nitrogens with two attached hydrogens (primary N) is 1. The number of para-hydroxylation sites is 1. The highest BCUT2D eigenvalue weighted by Crippen LogP contribution is 2.28. The number of anilines is 3. The van der Waals surface area contributed by atoms with Crippen molar-refractivity contribution in [2.45, 2.75) is 13.5 Å². The summed E-state index contributed by atoms with van der Waals surface area (Å²) in [5.41, 5.74) is 7.48. The smallest absolute Gasteiger partial charge is 0.344 e. The van der Waals surface area contributed by atoms with Crippen LogP contribution >= 0.6 is 0 Å². The van der Waals surface area contributed by atoms with Gasteiger partial charge in [-0.15, -0.1) is 0 Å². The highest BCUT2D eigenvalue weighted by molar-refractivity contribution is 5.71. The monoisotopic (exact) mass is 421 g/mol. The number of methoxy groups -OCH3 is 1. The fraction of sp³-hybridized carbons (Fsp3) is 0.182. The molecule has 3 N–H and O–H groups in total. The molecular formula is C22H23N5O4. The van der Waals surface area contributed by atoms with Crippen molar-refractivity contribution in [3.63, 3.8) is 0 Å². The largest absolute Gasteiger partial charge is 0.493 e. The number of rotatable bonds is 9. The van der Waals surface area contributed by atoms with Crippen molar-refractivity contribution in [2.24, 2.45) is 0 Å². The Bertz CT molecular complexity index is 1060. The highest BCUT2D eigenvalue weighted by atomic mass is 16.6. The Morgan fingerprint density at radius 1 is 1.10 bits per heavy atom. The maximum Gasteiger partial charge on any atom is 0.344 e. The first kappa shape index (κ1) is 21.6. The van der Waals surface area contributed by atoms with E-state index in [-0.39, 0.29) is 30.9 Å². The number of hydrogen-bond acceptors (Lipinski definition) is 9. The van der Waals surface area contributed by atoms with Crippen molar-refractivity contribution >= 4 is 29.6 Å². The van der Waals surface area contributed by atoms with Gasteiger partial charge in [-0.25, -0.2) is 4.79 Å². The Hall–Kier alpha value is -4.14. The number of carbonyl (C=O) groups is 1. The van der Waals surface area contributed by atoms with Gasteiger partial charge >= 0.3 is 5.97 Å². The first-order chi connectivity index (χ1) is 15.1. The van der Waals surface area contributed by atoms with Crippen molar-refractivity contribution in [3.05, 3.63) is 66.0 Å². The molecule has 1 heterocycles. The van der Waals surface area contributed by atoms with Gasteiger partial charge in [-0.05, 0) is 36.8 Å². The van der Waals surface area contributed by atoms with Gasteiger partial charge in [-0.3, -0.25) is 0 Å². The lowest BCUT2D eigenvalue weighted by atomic mass is 10.2. The summed E-state index contributed by atoms with van der Waals surface area (Å²) in [6.45, 7) is 1.46. The summed E-state index contributed by atoms with van der Waals surface area (Å²) in [4.78, 5) is 24.3. The van der Waals surface area contributed by atoms with E-state index < -0.39 is 5.97 Å². The molecular weight excluding hydrogens is 398 g/mol. The van der Waals surface area contributed by atoms with Crippen LogP contribution in [0.3, 0.4) is 0 Å². The zero-order valence-electron chi connectivity index (χ0n) is 17.2. The first-order valence-corrected chi connectivity index (χ1v) is 9.49. The van der Waals surface area contributed by atoms with Crippen LogP contribution in [0.2, 0.25) is 0 Å². The fourth-order valence-corrected chi connectivity index (χ4v) is 2.63. The van der Waals surface area contributed by atoms with Gasteiger partial charge in [-0.1, -0.05) is 36.4 Å². The second-order valence-corrected chi connectivity index (χ2v) is 6.28. The van der Waals surface area contributed by atoms with Gasteiger partial charge in [0, 0.05) is 5.69 Å². The molecule has 3 aromatic rings. The van der Waals surface area contributed by atoms with Gasteiger partial charge in [0.2, 0.25) is 11.9 Å². The predicted octanol–water partition coefficient (Wildman–Crippen LogP) is 3.36. The third-order valence-corrected chi connectivity index (χ3v) is 3.98. The summed E-state index contributed by atoms with van der Waals surface area (Å²) < 4.78 is 16.0. The third-order valence-electron chi connectivity index (χ3n) is 3.98. The van der Waals surface area contributed by atoms with Crippen molar-refractivity contribution in [1.29, 1.82) is 0 Å². The van der Waals surface area contributed by atoms with E-state index in [1.807, 2.05) is 61.5 Å². The molecule has 0 aliphatic carbocycles. The number of benzene rings is 2.